The summed E-state index contributed by atoms with van der Waals surface area (Å²) in [6.45, 7) is 1.09. The standard InChI is InChI=1S/C15H23NO3/c1-16(2)8-6-4-5-7-12-9-13(15(18)19-3)11-14(17)10-12/h9-11,17H,4-8H2,1-3H3. The van der Waals surface area contributed by atoms with Crippen molar-refractivity contribution in [3.63, 3.8) is 0 Å². The lowest BCUT2D eigenvalue weighted by molar-refractivity contribution is 0.0600. The molecule has 1 rings (SSSR count). The van der Waals surface area contributed by atoms with Crippen molar-refractivity contribution in [1.82, 2.24) is 4.90 Å². The van der Waals surface area contributed by atoms with Gasteiger partial charge in [-0.1, -0.05) is 6.42 Å². The first-order chi connectivity index (χ1) is 9.02. The Labute approximate surface area is 115 Å². The molecule has 0 saturated heterocycles. The summed E-state index contributed by atoms with van der Waals surface area (Å²) < 4.78 is 4.66. The minimum absolute atomic E-state index is 0.117. The van der Waals surface area contributed by atoms with E-state index >= 15 is 0 Å². The number of hydrogen-bond donors (Lipinski definition) is 1. The third-order valence-corrected chi connectivity index (χ3v) is 2.97. The number of hydrogen-bond acceptors (Lipinski definition) is 4. The monoisotopic (exact) mass is 265 g/mol. The molecule has 1 aromatic carbocycles. The van der Waals surface area contributed by atoms with Gasteiger partial charge < -0.3 is 14.7 Å². The fourth-order valence-electron chi connectivity index (χ4n) is 1.99. The van der Waals surface area contributed by atoms with Crippen molar-refractivity contribution in [1.29, 1.82) is 0 Å². The van der Waals surface area contributed by atoms with Gasteiger partial charge in [0, 0.05) is 0 Å². The molecule has 0 radical (unpaired) electrons. The second-order valence-corrected chi connectivity index (χ2v) is 4.99. The van der Waals surface area contributed by atoms with Crippen LogP contribution in [0.3, 0.4) is 0 Å². The summed E-state index contributed by atoms with van der Waals surface area (Å²) >= 11 is 0. The van der Waals surface area contributed by atoms with E-state index in [-0.39, 0.29) is 5.75 Å². The average molecular weight is 265 g/mol. The Morgan fingerprint density at radius 2 is 1.95 bits per heavy atom. The topological polar surface area (TPSA) is 49.8 Å². The molecule has 0 fully saturated rings. The smallest absolute Gasteiger partial charge is 0.337 e. The fraction of sp³-hybridized carbons (Fsp3) is 0.533. The van der Waals surface area contributed by atoms with Gasteiger partial charge in [-0.25, -0.2) is 4.79 Å². The number of methoxy groups -OCH3 is 1. The lowest BCUT2D eigenvalue weighted by Gasteiger charge is -2.09. The zero-order chi connectivity index (χ0) is 14.3. The first-order valence-corrected chi connectivity index (χ1v) is 6.59. The SMILES string of the molecule is COC(=O)c1cc(O)cc(CCCCCN(C)C)c1. The van der Waals surface area contributed by atoms with E-state index in [1.165, 1.54) is 13.2 Å². The van der Waals surface area contributed by atoms with Crippen molar-refractivity contribution in [2.75, 3.05) is 27.7 Å². The molecule has 0 bridgehead atoms. The number of aromatic hydroxyl groups is 1. The maximum Gasteiger partial charge on any atom is 0.337 e. The van der Waals surface area contributed by atoms with E-state index in [0.29, 0.717) is 5.56 Å². The molecule has 1 N–H and O–H groups in total. The summed E-state index contributed by atoms with van der Waals surface area (Å²) in [4.78, 5) is 13.6. The zero-order valence-corrected chi connectivity index (χ0v) is 12.0. The van der Waals surface area contributed by atoms with Gasteiger partial charge in [0.25, 0.3) is 0 Å². The number of esters is 1. The highest BCUT2D eigenvalue weighted by Gasteiger charge is 2.08. The molecule has 0 spiro atoms. The van der Waals surface area contributed by atoms with Gasteiger partial charge in [-0.15, -0.1) is 0 Å². The van der Waals surface area contributed by atoms with Crippen molar-refractivity contribution in [2.24, 2.45) is 0 Å². The molecule has 0 unspecified atom stereocenters. The third kappa shape index (κ3) is 5.75. The van der Waals surface area contributed by atoms with Crippen LogP contribution < -0.4 is 0 Å². The van der Waals surface area contributed by atoms with Crippen LogP contribution in [0.25, 0.3) is 0 Å². The molecule has 0 aliphatic carbocycles. The van der Waals surface area contributed by atoms with E-state index in [9.17, 15) is 9.90 Å². The van der Waals surface area contributed by atoms with E-state index in [1.807, 2.05) is 0 Å². The molecular weight excluding hydrogens is 242 g/mol. The van der Waals surface area contributed by atoms with Crippen LogP contribution in [0.5, 0.6) is 5.75 Å². The Hall–Kier alpha value is -1.55. The van der Waals surface area contributed by atoms with Gasteiger partial charge in [0.1, 0.15) is 5.75 Å². The number of benzene rings is 1. The first-order valence-electron chi connectivity index (χ1n) is 6.59. The quantitative estimate of drug-likeness (QED) is 0.608. The summed E-state index contributed by atoms with van der Waals surface area (Å²) in [5.74, 6) is -0.295. The maximum absolute atomic E-state index is 11.4. The van der Waals surface area contributed by atoms with Crippen LogP contribution in [0.15, 0.2) is 18.2 Å². The van der Waals surface area contributed by atoms with Crippen molar-refractivity contribution >= 4 is 5.97 Å². The molecule has 19 heavy (non-hydrogen) atoms. The summed E-state index contributed by atoms with van der Waals surface area (Å²) in [7, 11) is 5.48. The predicted molar refractivity (Wildman–Crippen MR) is 75.6 cm³/mol. The van der Waals surface area contributed by atoms with Gasteiger partial charge in [-0.2, -0.15) is 0 Å². The minimum atomic E-state index is -0.412. The number of aryl methyl sites for hydroxylation is 1. The normalized spacial score (nSPS) is 10.7. The van der Waals surface area contributed by atoms with Crippen LogP contribution in [-0.2, 0) is 11.2 Å². The number of rotatable bonds is 7. The van der Waals surface area contributed by atoms with Crippen molar-refractivity contribution in [3.8, 4) is 5.75 Å². The molecule has 106 valence electrons. The minimum Gasteiger partial charge on any atom is -0.508 e. The van der Waals surface area contributed by atoms with Crippen LogP contribution in [0.2, 0.25) is 0 Å². The molecule has 0 saturated carbocycles. The van der Waals surface area contributed by atoms with Gasteiger partial charge >= 0.3 is 5.97 Å². The predicted octanol–water partition coefficient (Wildman–Crippen LogP) is 2.45. The van der Waals surface area contributed by atoms with Gasteiger partial charge in [0.2, 0.25) is 0 Å². The molecule has 0 heterocycles. The fourth-order valence-corrected chi connectivity index (χ4v) is 1.99. The highest BCUT2D eigenvalue weighted by Crippen LogP contribution is 2.18. The molecule has 0 aliphatic heterocycles. The summed E-state index contributed by atoms with van der Waals surface area (Å²) in [6.07, 6.45) is 4.22. The summed E-state index contributed by atoms with van der Waals surface area (Å²) in [5.41, 5.74) is 1.39. The number of phenols is 1. The molecule has 0 aromatic heterocycles. The van der Waals surface area contributed by atoms with Crippen LogP contribution in [0.4, 0.5) is 0 Å². The largest absolute Gasteiger partial charge is 0.508 e. The molecule has 0 atom stereocenters. The Balaban J connectivity index is 2.49. The zero-order valence-electron chi connectivity index (χ0n) is 12.0. The summed E-state index contributed by atoms with van der Waals surface area (Å²) in [6, 6.07) is 4.93. The Morgan fingerprint density at radius 1 is 1.21 bits per heavy atom. The lowest BCUT2D eigenvalue weighted by Crippen LogP contribution is -2.12. The third-order valence-electron chi connectivity index (χ3n) is 2.97. The van der Waals surface area contributed by atoms with E-state index in [4.69, 9.17) is 0 Å². The number of carbonyl (C=O) groups excluding carboxylic acids is 1. The van der Waals surface area contributed by atoms with Gasteiger partial charge in [0.05, 0.1) is 12.7 Å². The molecule has 4 heteroatoms. The van der Waals surface area contributed by atoms with Gasteiger partial charge in [-0.05, 0) is 63.7 Å². The Kier molecular flexibility index (Phi) is 6.36. The van der Waals surface area contributed by atoms with Crippen molar-refractivity contribution < 1.29 is 14.6 Å². The number of nitrogens with zero attached hydrogens (tertiary/aromatic N) is 1. The maximum atomic E-state index is 11.4. The Bertz CT molecular complexity index is 416. The van der Waals surface area contributed by atoms with Gasteiger partial charge in [0.15, 0.2) is 0 Å². The van der Waals surface area contributed by atoms with Crippen LogP contribution >= 0.6 is 0 Å². The second kappa shape index (κ2) is 7.79. The number of carbonyl (C=O) groups is 1. The van der Waals surface area contributed by atoms with E-state index in [0.717, 1.165) is 37.8 Å². The second-order valence-electron chi connectivity index (χ2n) is 4.99. The highest BCUT2D eigenvalue weighted by molar-refractivity contribution is 5.90. The van der Waals surface area contributed by atoms with Crippen LogP contribution in [0.1, 0.15) is 35.2 Å². The highest BCUT2D eigenvalue weighted by atomic mass is 16.5. The number of unbranched alkanes of at least 4 members (excludes halogenated alkanes) is 2. The van der Waals surface area contributed by atoms with Crippen molar-refractivity contribution in [2.45, 2.75) is 25.7 Å². The Morgan fingerprint density at radius 3 is 2.58 bits per heavy atom. The lowest BCUT2D eigenvalue weighted by atomic mass is 10.0. The van der Waals surface area contributed by atoms with E-state index in [2.05, 4.69) is 23.7 Å². The van der Waals surface area contributed by atoms with Crippen LogP contribution in [0, 0.1) is 0 Å². The molecule has 4 nitrogen and oxygen atoms in total. The number of phenolic OH excluding ortho intramolecular Hbond substituents is 1. The number of ether oxygens (including phenoxy) is 1. The molecular formula is C15H23NO3. The summed E-state index contributed by atoms with van der Waals surface area (Å²) in [5, 5.41) is 9.60. The van der Waals surface area contributed by atoms with E-state index in [1.54, 1.807) is 12.1 Å². The van der Waals surface area contributed by atoms with Crippen molar-refractivity contribution in [3.05, 3.63) is 29.3 Å². The molecule has 1 aromatic rings. The molecule has 0 amide bonds. The van der Waals surface area contributed by atoms with Gasteiger partial charge in [-0.3, -0.25) is 0 Å². The first kappa shape index (κ1) is 15.5. The molecule has 0 aliphatic rings. The van der Waals surface area contributed by atoms with Crippen LogP contribution in [-0.4, -0.2) is 43.7 Å². The average Bonchev–Trinajstić information content (AvgIpc) is 2.36. The van der Waals surface area contributed by atoms with E-state index < -0.39 is 5.97 Å².